The molecule has 0 unspecified atom stereocenters. The van der Waals surface area contributed by atoms with E-state index in [-0.39, 0.29) is 22.0 Å². The number of non-ortho nitro benzene ring substituents is 1. The molecule has 0 radical (unpaired) electrons. The lowest BCUT2D eigenvalue weighted by atomic mass is 10.2. The smallest absolute Gasteiger partial charge is 0.293 e. The van der Waals surface area contributed by atoms with Crippen molar-refractivity contribution in [3.8, 4) is 0 Å². The largest absolute Gasteiger partial charge is 0.459 e. The molecule has 4 aromatic rings. The fraction of sp³-hybridized carbons (Fsp3) is 0. The Bertz CT molecular complexity index is 1290. The lowest BCUT2D eigenvalue weighted by molar-refractivity contribution is -0.384. The number of anilines is 2. The van der Waals surface area contributed by atoms with Gasteiger partial charge in [0.1, 0.15) is 0 Å². The van der Waals surface area contributed by atoms with Crippen molar-refractivity contribution >= 4 is 61.5 Å². The Kier molecular flexibility index (Phi) is 5.17. The highest BCUT2D eigenvalue weighted by Crippen LogP contribution is 2.29. The van der Waals surface area contributed by atoms with E-state index < -0.39 is 16.7 Å². The summed E-state index contributed by atoms with van der Waals surface area (Å²) in [6, 6.07) is 11.8. The summed E-state index contributed by atoms with van der Waals surface area (Å²) in [6.45, 7) is 0. The zero-order valence-electron chi connectivity index (χ0n) is 14.9. The minimum Gasteiger partial charge on any atom is -0.459 e. The Balaban J connectivity index is 1.54. The van der Waals surface area contributed by atoms with Crippen LogP contribution in [0.3, 0.4) is 0 Å². The lowest BCUT2D eigenvalue weighted by Crippen LogP contribution is -2.12. The zero-order valence-corrected chi connectivity index (χ0v) is 16.5. The van der Waals surface area contributed by atoms with Crippen molar-refractivity contribution in [3.05, 3.63) is 81.3 Å². The first kappa shape index (κ1) is 19.6. The van der Waals surface area contributed by atoms with Crippen molar-refractivity contribution in [1.29, 1.82) is 0 Å². The molecule has 9 nitrogen and oxygen atoms in total. The van der Waals surface area contributed by atoms with Crippen LogP contribution in [0.2, 0.25) is 5.02 Å². The van der Waals surface area contributed by atoms with Gasteiger partial charge in [0.2, 0.25) is 0 Å². The number of rotatable bonds is 5. The zero-order chi connectivity index (χ0) is 21.3. The molecule has 0 saturated carbocycles. The van der Waals surface area contributed by atoms with Crippen molar-refractivity contribution in [2.75, 3.05) is 10.6 Å². The minimum atomic E-state index is -0.602. The molecular formula is C19H11ClN4O5S. The molecule has 4 rings (SSSR count). The minimum absolute atomic E-state index is 0.0123. The third-order valence-electron chi connectivity index (χ3n) is 4.02. The molecule has 0 aliphatic rings. The van der Waals surface area contributed by atoms with Crippen LogP contribution in [-0.4, -0.2) is 21.7 Å². The van der Waals surface area contributed by atoms with E-state index in [4.69, 9.17) is 16.0 Å². The monoisotopic (exact) mass is 442 g/mol. The number of hydrogen-bond donors (Lipinski definition) is 2. The average molecular weight is 443 g/mol. The van der Waals surface area contributed by atoms with Crippen LogP contribution < -0.4 is 10.6 Å². The van der Waals surface area contributed by atoms with E-state index in [9.17, 15) is 19.7 Å². The molecule has 150 valence electrons. The molecule has 11 heteroatoms. The van der Waals surface area contributed by atoms with Gasteiger partial charge in [-0.2, -0.15) is 0 Å². The number of hydrogen-bond acceptors (Lipinski definition) is 7. The number of nitro benzene ring substituents is 1. The van der Waals surface area contributed by atoms with Crippen LogP contribution in [0, 0.1) is 10.1 Å². The summed E-state index contributed by atoms with van der Waals surface area (Å²) in [5, 5.41) is 16.7. The molecule has 2 aromatic carbocycles. The van der Waals surface area contributed by atoms with E-state index >= 15 is 0 Å². The molecular weight excluding hydrogens is 432 g/mol. The van der Waals surface area contributed by atoms with E-state index in [1.165, 1.54) is 35.8 Å². The van der Waals surface area contributed by atoms with Crippen molar-refractivity contribution in [1.82, 2.24) is 4.98 Å². The van der Waals surface area contributed by atoms with Gasteiger partial charge in [0.05, 0.1) is 32.0 Å². The van der Waals surface area contributed by atoms with E-state index in [1.807, 2.05) is 0 Å². The predicted octanol–water partition coefficient (Wildman–Crippen LogP) is 4.96. The van der Waals surface area contributed by atoms with Gasteiger partial charge in [0, 0.05) is 17.8 Å². The van der Waals surface area contributed by atoms with E-state index in [0.717, 1.165) is 6.07 Å². The molecule has 2 amide bonds. The number of furan rings is 1. The van der Waals surface area contributed by atoms with E-state index in [1.54, 1.807) is 24.3 Å². The van der Waals surface area contributed by atoms with Gasteiger partial charge >= 0.3 is 0 Å². The lowest BCUT2D eigenvalue weighted by Gasteiger charge is -2.06. The molecule has 0 aliphatic carbocycles. The van der Waals surface area contributed by atoms with Crippen molar-refractivity contribution in [2.45, 2.75) is 0 Å². The Morgan fingerprint density at radius 3 is 2.67 bits per heavy atom. The van der Waals surface area contributed by atoms with Crippen LogP contribution in [-0.2, 0) is 0 Å². The highest BCUT2D eigenvalue weighted by Gasteiger charge is 2.17. The summed E-state index contributed by atoms with van der Waals surface area (Å²) < 4.78 is 5.76. The highest BCUT2D eigenvalue weighted by molar-refractivity contribution is 7.22. The normalized spacial score (nSPS) is 10.7. The van der Waals surface area contributed by atoms with Gasteiger partial charge in [-0.1, -0.05) is 22.9 Å². The first-order chi connectivity index (χ1) is 14.4. The molecule has 30 heavy (non-hydrogen) atoms. The summed E-state index contributed by atoms with van der Waals surface area (Å²) in [7, 11) is 0. The maximum absolute atomic E-state index is 12.5. The number of thiazole rings is 1. The van der Waals surface area contributed by atoms with Crippen LogP contribution in [0.1, 0.15) is 20.9 Å². The summed E-state index contributed by atoms with van der Waals surface area (Å²) in [5.74, 6) is -0.845. The summed E-state index contributed by atoms with van der Waals surface area (Å²) in [5.41, 5.74) is 0.824. The molecule has 0 bridgehead atoms. The fourth-order valence-electron chi connectivity index (χ4n) is 2.62. The second kappa shape index (κ2) is 7.93. The first-order valence-corrected chi connectivity index (χ1v) is 9.61. The third kappa shape index (κ3) is 4.00. The molecule has 2 heterocycles. The first-order valence-electron chi connectivity index (χ1n) is 8.41. The Hall–Kier alpha value is -3.76. The van der Waals surface area contributed by atoms with Crippen molar-refractivity contribution < 1.29 is 18.9 Å². The number of halogens is 1. The van der Waals surface area contributed by atoms with Crippen molar-refractivity contribution in [3.63, 3.8) is 0 Å². The van der Waals surface area contributed by atoms with Crippen molar-refractivity contribution in [2.24, 2.45) is 0 Å². The molecule has 2 N–H and O–H groups in total. The predicted molar refractivity (Wildman–Crippen MR) is 112 cm³/mol. The number of aromatic nitrogens is 1. The molecule has 0 saturated heterocycles. The number of carbonyl (C=O) groups is 2. The summed E-state index contributed by atoms with van der Waals surface area (Å²) in [4.78, 5) is 39.3. The Morgan fingerprint density at radius 1 is 1.10 bits per heavy atom. The number of amides is 2. The van der Waals surface area contributed by atoms with Crippen LogP contribution in [0.25, 0.3) is 10.2 Å². The maximum Gasteiger partial charge on any atom is 0.293 e. The van der Waals surface area contributed by atoms with Gasteiger partial charge in [0.25, 0.3) is 17.5 Å². The number of benzene rings is 2. The van der Waals surface area contributed by atoms with E-state index in [2.05, 4.69) is 15.6 Å². The van der Waals surface area contributed by atoms with Gasteiger partial charge in [-0.3, -0.25) is 25.0 Å². The molecule has 2 aromatic heterocycles. The summed E-state index contributed by atoms with van der Waals surface area (Å²) in [6.07, 6.45) is 1.40. The average Bonchev–Trinajstić information content (AvgIpc) is 3.37. The number of nitrogens with zero attached hydrogens (tertiary/aromatic N) is 2. The SMILES string of the molecule is O=C(Nc1nc2ccc(NC(=O)c3cc([N+](=O)[O-])ccc3Cl)cc2s1)c1ccco1. The van der Waals surface area contributed by atoms with Gasteiger partial charge in [-0.15, -0.1) is 0 Å². The summed E-state index contributed by atoms with van der Waals surface area (Å²) >= 11 is 7.23. The number of nitrogens with one attached hydrogen (secondary N) is 2. The standard InChI is InChI=1S/C19H11ClN4O5S/c20-13-5-4-11(24(27)28)9-12(13)17(25)21-10-3-6-14-16(8-10)30-19(22-14)23-18(26)15-2-1-7-29-15/h1-9H,(H,21,25)(H,22,23,26). The quantitative estimate of drug-likeness (QED) is 0.332. The molecule has 0 spiro atoms. The van der Waals surface area contributed by atoms with Gasteiger partial charge in [0.15, 0.2) is 10.9 Å². The molecule has 0 fully saturated rings. The highest BCUT2D eigenvalue weighted by atomic mass is 35.5. The second-order valence-corrected chi connectivity index (χ2v) is 7.45. The van der Waals surface area contributed by atoms with Gasteiger partial charge in [-0.05, 0) is 36.4 Å². The number of nitro groups is 1. The second-order valence-electron chi connectivity index (χ2n) is 6.01. The van der Waals surface area contributed by atoms with Crippen LogP contribution >= 0.6 is 22.9 Å². The van der Waals surface area contributed by atoms with Crippen LogP contribution in [0.15, 0.2) is 59.2 Å². The third-order valence-corrected chi connectivity index (χ3v) is 5.28. The van der Waals surface area contributed by atoms with Gasteiger partial charge < -0.3 is 9.73 Å². The number of carbonyl (C=O) groups excluding carboxylic acids is 2. The maximum atomic E-state index is 12.5. The molecule has 0 aliphatic heterocycles. The number of fused-ring (bicyclic) bond motifs is 1. The van der Waals surface area contributed by atoms with Crippen LogP contribution in [0.4, 0.5) is 16.5 Å². The van der Waals surface area contributed by atoms with Crippen LogP contribution in [0.5, 0.6) is 0 Å². The Labute approximate surface area is 177 Å². The fourth-order valence-corrected chi connectivity index (χ4v) is 3.73. The topological polar surface area (TPSA) is 127 Å². The molecule has 0 atom stereocenters. The Morgan fingerprint density at radius 2 is 1.93 bits per heavy atom. The van der Waals surface area contributed by atoms with E-state index in [0.29, 0.717) is 21.0 Å². The van der Waals surface area contributed by atoms with Gasteiger partial charge in [-0.25, -0.2) is 4.98 Å².